The molecule has 1 amide bonds. The van der Waals surface area contributed by atoms with Gasteiger partial charge in [-0.25, -0.2) is 4.98 Å². The Bertz CT molecular complexity index is 812. The lowest BCUT2D eigenvalue weighted by Gasteiger charge is -2.19. The van der Waals surface area contributed by atoms with E-state index in [0.717, 1.165) is 17.7 Å². The van der Waals surface area contributed by atoms with Gasteiger partial charge in [-0.05, 0) is 43.9 Å². The molecule has 1 unspecified atom stereocenters. The van der Waals surface area contributed by atoms with Crippen LogP contribution >= 0.6 is 0 Å². The fourth-order valence-corrected chi connectivity index (χ4v) is 2.97. The molecule has 0 saturated heterocycles. The second-order valence-corrected chi connectivity index (χ2v) is 5.92. The zero-order valence-electron chi connectivity index (χ0n) is 13.4. The second-order valence-electron chi connectivity index (χ2n) is 5.92. The average molecular weight is 296 g/mol. The Hall–Kier alpha value is -2.36. The predicted molar refractivity (Wildman–Crippen MR) is 87.7 cm³/mol. The average Bonchev–Trinajstić information content (AvgIpc) is 2.84. The number of allylic oxidation sites excluding steroid dienone is 4. The van der Waals surface area contributed by atoms with Crippen LogP contribution < -0.4 is 5.32 Å². The lowest BCUT2D eigenvalue weighted by atomic mass is 9.86. The summed E-state index contributed by atoms with van der Waals surface area (Å²) in [5, 5.41) is 2.70. The SMILES string of the molecule is CNC(=O)c1c(C2=CC=C(C)CC2C)oc2ccc(C)nc12. The van der Waals surface area contributed by atoms with E-state index in [-0.39, 0.29) is 5.91 Å². The Morgan fingerprint density at radius 2 is 2.09 bits per heavy atom. The first-order valence-corrected chi connectivity index (χ1v) is 7.51. The molecule has 0 bridgehead atoms. The summed E-state index contributed by atoms with van der Waals surface area (Å²) >= 11 is 0. The standard InChI is InChI=1S/C18H20N2O2/c1-10-5-7-13(11(2)9-10)17-15(18(21)19-4)16-14(22-17)8-6-12(3)20-16/h5-8,11H,9H2,1-4H3,(H,19,21). The highest BCUT2D eigenvalue weighted by Gasteiger charge is 2.27. The topological polar surface area (TPSA) is 55.1 Å². The van der Waals surface area contributed by atoms with Crippen molar-refractivity contribution in [3.63, 3.8) is 0 Å². The van der Waals surface area contributed by atoms with Crippen LogP contribution in [0.3, 0.4) is 0 Å². The normalized spacial score (nSPS) is 18.1. The number of hydrogen-bond donors (Lipinski definition) is 1. The maximum Gasteiger partial charge on any atom is 0.257 e. The molecule has 4 nitrogen and oxygen atoms in total. The van der Waals surface area contributed by atoms with Gasteiger partial charge in [0.15, 0.2) is 5.58 Å². The van der Waals surface area contributed by atoms with E-state index in [1.807, 2.05) is 19.1 Å². The van der Waals surface area contributed by atoms with E-state index < -0.39 is 0 Å². The number of aromatic nitrogens is 1. The maximum absolute atomic E-state index is 12.4. The zero-order valence-corrected chi connectivity index (χ0v) is 13.4. The largest absolute Gasteiger partial charge is 0.454 e. The van der Waals surface area contributed by atoms with Gasteiger partial charge in [-0.1, -0.05) is 24.6 Å². The number of fused-ring (bicyclic) bond motifs is 1. The minimum Gasteiger partial charge on any atom is -0.454 e. The van der Waals surface area contributed by atoms with Crippen LogP contribution in [0.1, 0.15) is 42.1 Å². The van der Waals surface area contributed by atoms with Crippen molar-refractivity contribution in [2.75, 3.05) is 7.05 Å². The number of furan rings is 1. The fourth-order valence-electron chi connectivity index (χ4n) is 2.97. The summed E-state index contributed by atoms with van der Waals surface area (Å²) in [4.78, 5) is 16.9. The molecule has 3 rings (SSSR count). The number of carbonyl (C=O) groups excluding carboxylic acids is 1. The summed E-state index contributed by atoms with van der Waals surface area (Å²) in [6.07, 6.45) is 5.12. The summed E-state index contributed by atoms with van der Waals surface area (Å²) in [7, 11) is 1.63. The van der Waals surface area contributed by atoms with Crippen LogP contribution in [-0.4, -0.2) is 17.9 Å². The molecule has 4 heteroatoms. The molecule has 1 atom stereocenters. The minimum absolute atomic E-state index is 0.161. The van der Waals surface area contributed by atoms with E-state index in [9.17, 15) is 4.79 Å². The van der Waals surface area contributed by atoms with Crippen LogP contribution in [0.5, 0.6) is 0 Å². The highest BCUT2D eigenvalue weighted by Crippen LogP contribution is 2.37. The van der Waals surface area contributed by atoms with Crippen molar-refractivity contribution < 1.29 is 9.21 Å². The van der Waals surface area contributed by atoms with E-state index in [1.165, 1.54) is 5.57 Å². The van der Waals surface area contributed by atoms with Gasteiger partial charge >= 0.3 is 0 Å². The molecule has 2 aromatic rings. The molecule has 0 aliphatic heterocycles. The number of hydrogen-bond acceptors (Lipinski definition) is 3. The number of nitrogens with one attached hydrogen (secondary N) is 1. The van der Waals surface area contributed by atoms with Gasteiger partial charge in [0, 0.05) is 12.7 Å². The Balaban J connectivity index is 2.27. The lowest BCUT2D eigenvalue weighted by Crippen LogP contribution is -2.19. The molecule has 1 aliphatic rings. The predicted octanol–water partition coefficient (Wildman–Crippen LogP) is 3.87. The van der Waals surface area contributed by atoms with Gasteiger partial charge in [0.1, 0.15) is 16.8 Å². The molecule has 22 heavy (non-hydrogen) atoms. The first-order chi connectivity index (χ1) is 10.5. The van der Waals surface area contributed by atoms with E-state index in [0.29, 0.717) is 28.3 Å². The maximum atomic E-state index is 12.4. The summed E-state index contributed by atoms with van der Waals surface area (Å²) in [5.41, 5.74) is 5.08. The summed E-state index contributed by atoms with van der Waals surface area (Å²) < 4.78 is 6.00. The van der Waals surface area contributed by atoms with Gasteiger partial charge in [-0.3, -0.25) is 4.79 Å². The number of aryl methyl sites for hydroxylation is 1. The lowest BCUT2D eigenvalue weighted by molar-refractivity contribution is 0.0963. The number of nitrogens with zero attached hydrogens (tertiary/aromatic N) is 1. The number of pyridine rings is 1. The van der Waals surface area contributed by atoms with Crippen LogP contribution in [0.15, 0.2) is 34.3 Å². The van der Waals surface area contributed by atoms with Crippen molar-refractivity contribution in [2.24, 2.45) is 5.92 Å². The molecule has 1 N–H and O–H groups in total. The monoisotopic (exact) mass is 296 g/mol. The van der Waals surface area contributed by atoms with Gasteiger partial charge in [0.25, 0.3) is 5.91 Å². The van der Waals surface area contributed by atoms with Crippen molar-refractivity contribution in [1.82, 2.24) is 10.3 Å². The van der Waals surface area contributed by atoms with Crippen molar-refractivity contribution in [3.8, 4) is 0 Å². The molecule has 2 aromatic heterocycles. The van der Waals surface area contributed by atoms with Crippen LogP contribution in [0, 0.1) is 12.8 Å². The van der Waals surface area contributed by atoms with Crippen LogP contribution in [-0.2, 0) is 0 Å². The van der Waals surface area contributed by atoms with Gasteiger partial charge < -0.3 is 9.73 Å². The summed E-state index contributed by atoms with van der Waals surface area (Å²) in [6.45, 7) is 6.18. The first kappa shape index (κ1) is 14.6. The summed E-state index contributed by atoms with van der Waals surface area (Å²) in [6, 6.07) is 3.77. The smallest absolute Gasteiger partial charge is 0.257 e. The molecule has 0 radical (unpaired) electrons. The van der Waals surface area contributed by atoms with Crippen molar-refractivity contribution in [1.29, 1.82) is 0 Å². The number of amides is 1. The molecule has 114 valence electrons. The third-order valence-corrected chi connectivity index (χ3v) is 4.10. The minimum atomic E-state index is -0.161. The highest BCUT2D eigenvalue weighted by molar-refractivity contribution is 6.08. The van der Waals surface area contributed by atoms with Crippen LogP contribution in [0.2, 0.25) is 0 Å². The summed E-state index contributed by atoms with van der Waals surface area (Å²) in [5.74, 6) is 0.796. The Morgan fingerprint density at radius 1 is 1.32 bits per heavy atom. The fraction of sp³-hybridized carbons (Fsp3) is 0.333. The molecule has 0 saturated carbocycles. The quantitative estimate of drug-likeness (QED) is 0.915. The molecular weight excluding hydrogens is 276 g/mol. The van der Waals surface area contributed by atoms with Crippen molar-refractivity contribution in [3.05, 3.63) is 46.9 Å². The van der Waals surface area contributed by atoms with Crippen LogP contribution in [0.25, 0.3) is 16.7 Å². The van der Waals surface area contributed by atoms with Crippen molar-refractivity contribution >= 4 is 22.6 Å². The molecule has 1 aliphatic carbocycles. The number of rotatable bonds is 2. The van der Waals surface area contributed by atoms with E-state index in [4.69, 9.17) is 4.42 Å². The third-order valence-electron chi connectivity index (χ3n) is 4.10. The van der Waals surface area contributed by atoms with E-state index in [1.54, 1.807) is 7.05 Å². The molecule has 2 heterocycles. The zero-order chi connectivity index (χ0) is 15.9. The molecule has 0 aromatic carbocycles. The third kappa shape index (κ3) is 2.34. The van der Waals surface area contributed by atoms with Gasteiger partial charge in [0.2, 0.25) is 0 Å². The Kier molecular flexibility index (Phi) is 3.61. The number of carbonyl (C=O) groups is 1. The molecule has 0 spiro atoms. The van der Waals surface area contributed by atoms with Gasteiger partial charge in [-0.15, -0.1) is 0 Å². The van der Waals surface area contributed by atoms with Gasteiger partial charge in [0.05, 0.1) is 0 Å². The van der Waals surface area contributed by atoms with Gasteiger partial charge in [-0.2, -0.15) is 0 Å². The van der Waals surface area contributed by atoms with Crippen LogP contribution in [0.4, 0.5) is 0 Å². The highest BCUT2D eigenvalue weighted by atomic mass is 16.3. The molecule has 0 fully saturated rings. The second kappa shape index (κ2) is 5.44. The van der Waals surface area contributed by atoms with E-state index in [2.05, 4.69) is 36.3 Å². The Labute approximate surface area is 129 Å². The Morgan fingerprint density at radius 3 is 2.77 bits per heavy atom. The first-order valence-electron chi connectivity index (χ1n) is 7.51. The van der Waals surface area contributed by atoms with Crippen molar-refractivity contribution in [2.45, 2.75) is 27.2 Å². The molecular formula is C18H20N2O2. The van der Waals surface area contributed by atoms with E-state index >= 15 is 0 Å².